The van der Waals surface area contributed by atoms with E-state index in [4.69, 9.17) is 27.9 Å². The molecule has 0 saturated carbocycles. The van der Waals surface area contributed by atoms with Crippen LogP contribution in [-0.2, 0) is 10.0 Å². The molecule has 0 aliphatic carbocycles. The molecule has 0 aromatic heterocycles. The maximum atomic E-state index is 13.1. The van der Waals surface area contributed by atoms with Crippen LogP contribution in [0.2, 0.25) is 10.0 Å². The van der Waals surface area contributed by atoms with Crippen molar-refractivity contribution in [3.8, 4) is 5.75 Å². The van der Waals surface area contributed by atoms with E-state index in [-0.39, 0.29) is 16.0 Å². The number of nitrogens with zero attached hydrogens (tertiary/aromatic N) is 1. The summed E-state index contributed by atoms with van der Waals surface area (Å²) >= 11 is 12.1. The van der Waals surface area contributed by atoms with Crippen LogP contribution in [0.4, 0.5) is 0 Å². The first-order valence-electron chi connectivity index (χ1n) is 7.54. The minimum atomic E-state index is -3.72. The first-order valence-corrected chi connectivity index (χ1v) is 9.74. The van der Waals surface area contributed by atoms with Gasteiger partial charge < -0.3 is 4.74 Å². The molecule has 0 amide bonds. The molecule has 0 N–H and O–H groups in total. The highest BCUT2D eigenvalue weighted by Gasteiger charge is 2.37. The standard InChI is InChI=1S/C17H17Cl2NO3S/c1-23-14-7-4-12(5-8-14)16-3-2-10-20(16)24(21,22)17-11-13(18)6-9-15(17)19/h4-9,11,16H,2-3,10H2,1H3/t16-/m1/s1. The van der Waals surface area contributed by atoms with Gasteiger partial charge in [0.1, 0.15) is 10.6 Å². The van der Waals surface area contributed by atoms with Gasteiger partial charge in [-0.05, 0) is 48.7 Å². The number of sulfonamides is 1. The van der Waals surface area contributed by atoms with Crippen LogP contribution in [-0.4, -0.2) is 26.4 Å². The molecule has 7 heteroatoms. The van der Waals surface area contributed by atoms with Crippen molar-refractivity contribution < 1.29 is 13.2 Å². The Labute approximate surface area is 152 Å². The summed E-state index contributed by atoms with van der Waals surface area (Å²) in [5.41, 5.74) is 0.940. The van der Waals surface area contributed by atoms with Crippen LogP contribution in [0.5, 0.6) is 5.75 Å². The number of halogens is 2. The molecule has 128 valence electrons. The molecule has 24 heavy (non-hydrogen) atoms. The number of hydrogen-bond donors (Lipinski definition) is 0. The quantitative estimate of drug-likeness (QED) is 0.776. The molecule has 1 aliphatic heterocycles. The van der Waals surface area contributed by atoms with E-state index in [1.807, 2.05) is 24.3 Å². The molecule has 1 atom stereocenters. The van der Waals surface area contributed by atoms with Gasteiger partial charge in [-0.3, -0.25) is 0 Å². The minimum absolute atomic E-state index is 0.0529. The Morgan fingerprint density at radius 3 is 2.50 bits per heavy atom. The Morgan fingerprint density at radius 2 is 1.83 bits per heavy atom. The minimum Gasteiger partial charge on any atom is -0.497 e. The summed E-state index contributed by atoms with van der Waals surface area (Å²) in [6, 6.07) is 11.8. The molecule has 0 radical (unpaired) electrons. The smallest absolute Gasteiger partial charge is 0.245 e. The van der Waals surface area contributed by atoms with E-state index in [9.17, 15) is 8.42 Å². The molecule has 3 rings (SSSR count). The summed E-state index contributed by atoms with van der Waals surface area (Å²) in [7, 11) is -2.12. The fourth-order valence-corrected chi connectivity index (χ4v) is 5.41. The Balaban J connectivity index is 1.98. The van der Waals surface area contributed by atoms with Crippen LogP contribution < -0.4 is 4.74 Å². The van der Waals surface area contributed by atoms with Crippen LogP contribution in [0.3, 0.4) is 0 Å². The maximum absolute atomic E-state index is 13.1. The second-order valence-electron chi connectivity index (χ2n) is 5.62. The van der Waals surface area contributed by atoms with Crippen molar-refractivity contribution in [2.75, 3.05) is 13.7 Å². The number of rotatable bonds is 4. The van der Waals surface area contributed by atoms with Gasteiger partial charge in [0.05, 0.1) is 18.2 Å². The van der Waals surface area contributed by atoms with E-state index < -0.39 is 10.0 Å². The van der Waals surface area contributed by atoms with Gasteiger partial charge in [-0.1, -0.05) is 35.3 Å². The van der Waals surface area contributed by atoms with Gasteiger partial charge in [-0.15, -0.1) is 0 Å². The number of hydrogen-bond acceptors (Lipinski definition) is 3. The highest BCUT2D eigenvalue weighted by atomic mass is 35.5. The van der Waals surface area contributed by atoms with Crippen molar-refractivity contribution in [2.45, 2.75) is 23.8 Å². The first-order chi connectivity index (χ1) is 11.4. The van der Waals surface area contributed by atoms with Crippen molar-refractivity contribution in [2.24, 2.45) is 0 Å². The van der Waals surface area contributed by atoms with Crippen LogP contribution in [0, 0.1) is 0 Å². The SMILES string of the molecule is COc1ccc([C@H]2CCCN2S(=O)(=O)c2cc(Cl)ccc2Cl)cc1. The van der Waals surface area contributed by atoms with Crippen LogP contribution in [0.1, 0.15) is 24.4 Å². The molecule has 0 bridgehead atoms. The predicted octanol–water partition coefficient (Wildman–Crippen LogP) is 4.53. The molecule has 1 heterocycles. The number of benzene rings is 2. The van der Waals surface area contributed by atoms with Crippen molar-refractivity contribution >= 4 is 33.2 Å². The maximum Gasteiger partial charge on any atom is 0.245 e. The van der Waals surface area contributed by atoms with Crippen molar-refractivity contribution in [1.29, 1.82) is 0 Å². The van der Waals surface area contributed by atoms with E-state index in [1.165, 1.54) is 16.4 Å². The lowest BCUT2D eigenvalue weighted by molar-refractivity contribution is 0.394. The van der Waals surface area contributed by atoms with E-state index in [0.29, 0.717) is 11.6 Å². The summed E-state index contributed by atoms with van der Waals surface area (Å²) in [6.45, 7) is 0.460. The third-order valence-electron chi connectivity index (χ3n) is 4.18. The van der Waals surface area contributed by atoms with Gasteiger partial charge in [-0.25, -0.2) is 8.42 Å². The van der Waals surface area contributed by atoms with Gasteiger partial charge >= 0.3 is 0 Å². The molecule has 2 aromatic carbocycles. The van der Waals surface area contributed by atoms with Crippen LogP contribution >= 0.6 is 23.2 Å². The molecular formula is C17H17Cl2NO3S. The van der Waals surface area contributed by atoms with E-state index >= 15 is 0 Å². The Bertz CT molecular complexity index is 837. The van der Waals surface area contributed by atoms with Crippen molar-refractivity contribution in [1.82, 2.24) is 4.31 Å². The molecule has 4 nitrogen and oxygen atoms in total. The van der Waals surface area contributed by atoms with E-state index in [0.717, 1.165) is 24.2 Å². The molecule has 2 aromatic rings. The lowest BCUT2D eigenvalue weighted by Crippen LogP contribution is -2.30. The fourth-order valence-electron chi connectivity index (χ4n) is 2.99. The second kappa shape index (κ2) is 6.92. The lowest BCUT2D eigenvalue weighted by atomic mass is 10.1. The van der Waals surface area contributed by atoms with Gasteiger partial charge in [-0.2, -0.15) is 4.31 Å². The van der Waals surface area contributed by atoms with Gasteiger partial charge in [0.15, 0.2) is 0 Å². The average Bonchev–Trinajstić information content (AvgIpc) is 3.07. The molecule has 0 spiro atoms. The molecule has 1 aliphatic rings. The van der Waals surface area contributed by atoms with Crippen LogP contribution in [0.25, 0.3) is 0 Å². The highest BCUT2D eigenvalue weighted by molar-refractivity contribution is 7.89. The van der Waals surface area contributed by atoms with Gasteiger partial charge in [0, 0.05) is 11.6 Å². The molecule has 1 fully saturated rings. The topological polar surface area (TPSA) is 46.6 Å². The third kappa shape index (κ3) is 3.26. The zero-order chi connectivity index (χ0) is 17.3. The molecule has 1 saturated heterocycles. The van der Waals surface area contributed by atoms with Crippen LogP contribution in [0.15, 0.2) is 47.4 Å². The summed E-state index contributed by atoms with van der Waals surface area (Å²) in [5, 5.41) is 0.526. The first kappa shape index (κ1) is 17.5. The molecule has 0 unspecified atom stereocenters. The summed E-state index contributed by atoms with van der Waals surface area (Å²) in [6.07, 6.45) is 1.57. The Hall–Kier alpha value is -1.27. The van der Waals surface area contributed by atoms with Gasteiger partial charge in [0.2, 0.25) is 10.0 Å². The van der Waals surface area contributed by atoms with E-state index in [2.05, 4.69) is 0 Å². The van der Waals surface area contributed by atoms with Gasteiger partial charge in [0.25, 0.3) is 0 Å². The Kier molecular flexibility index (Phi) is 5.06. The zero-order valence-electron chi connectivity index (χ0n) is 13.1. The third-order valence-corrected chi connectivity index (χ3v) is 6.81. The second-order valence-corrected chi connectivity index (χ2v) is 8.32. The fraction of sp³-hybridized carbons (Fsp3) is 0.294. The Morgan fingerprint density at radius 1 is 1.12 bits per heavy atom. The largest absolute Gasteiger partial charge is 0.497 e. The van der Waals surface area contributed by atoms with E-state index in [1.54, 1.807) is 13.2 Å². The number of ether oxygens (including phenoxy) is 1. The zero-order valence-corrected chi connectivity index (χ0v) is 15.4. The number of methoxy groups -OCH3 is 1. The predicted molar refractivity (Wildman–Crippen MR) is 95.3 cm³/mol. The monoisotopic (exact) mass is 385 g/mol. The summed E-state index contributed by atoms with van der Waals surface area (Å²) in [5.74, 6) is 0.740. The lowest BCUT2D eigenvalue weighted by Gasteiger charge is -2.25. The van der Waals surface area contributed by atoms with Crippen molar-refractivity contribution in [3.05, 3.63) is 58.1 Å². The molecular weight excluding hydrogens is 369 g/mol. The average molecular weight is 386 g/mol. The summed E-state index contributed by atoms with van der Waals surface area (Å²) < 4.78 is 32.8. The summed E-state index contributed by atoms with van der Waals surface area (Å²) in [4.78, 5) is 0.0529. The van der Waals surface area contributed by atoms with Crippen molar-refractivity contribution in [3.63, 3.8) is 0 Å². The highest BCUT2D eigenvalue weighted by Crippen LogP contribution is 2.39. The normalized spacial score (nSPS) is 18.7.